The van der Waals surface area contributed by atoms with E-state index in [2.05, 4.69) is 10.2 Å². The molecular formula is C13H13ClN2O2. The Hall–Kier alpha value is -1.49. The lowest BCUT2D eigenvalue weighted by Gasteiger charge is -2.15. The average Bonchev–Trinajstić information content (AvgIpc) is 2.43. The van der Waals surface area contributed by atoms with E-state index in [-0.39, 0.29) is 5.15 Å². The molecule has 0 fully saturated rings. The third-order valence-corrected chi connectivity index (χ3v) is 2.82. The number of rotatable bonds is 4. The summed E-state index contributed by atoms with van der Waals surface area (Å²) in [7, 11) is 3.10. The summed E-state index contributed by atoms with van der Waals surface area (Å²) in [6, 6.07) is 11.6. The molecule has 4 nitrogen and oxygen atoms in total. The molecule has 0 unspecified atom stereocenters. The summed E-state index contributed by atoms with van der Waals surface area (Å²) >= 11 is 6.00. The monoisotopic (exact) mass is 264 g/mol. The van der Waals surface area contributed by atoms with Crippen molar-refractivity contribution in [2.24, 2.45) is 0 Å². The highest BCUT2D eigenvalue weighted by Crippen LogP contribution is 2.27. The molecule has 2 aromatic rings. The van der Waals surface area contributed by atoms with Crippen molar-refractivity contribution in [3.05, 3.63) is 47.1 Å². The topological polar surface area (TPSA) is 44.2 Å². The lowest BCUT2D eigenvalue weighted by Crippen LogP contribution is -2.06. The number of ether oxygens (including phenoxy) is 2. The lowest BCUT2D eigenvalue weighted by atomic mass is 10.1. The highest BCUT2D eigenvalue weighted by Gasteiger charge is 2.16. The van der Waals surface area contributed by atoms with Crippen LogP contribution < -0.4 is 0 Å². The van der Waals surface area contributed by atoms with Gasteiger partial charge in [-0.3, -0.25) is 0 Å². The van der Waals surface area contributed by atoms with Crippen molar-refractivity contribution >= 4 is 11.6 Å². The van der Waals surface area contributed by atoms with Gasteiger partial charge in [0.1, 0.15) is 0 Å². The van der Waals surface area contributed by atoms with Crippen LogP contribution in [0, 0.1) is 0 Å². The van der Waals surface area contributed by atoms with E-state index in [9.17, 15) is 0 Å². The van der Waals surface area contributed by atoms with Crippen LogP contribution in [0.2, 0.25) is 5.15 Å². The molecule has 0 aliphatic carbocycles. The van der Waals surface area contributed by atoms with E-state index in [1.807, 2.05) is 36.4 Å². The Labute approximate surface area is 111 Å². The van der Waals surface area contributed by atoms with Crippen molar-refractivity contribution in [3.8, 4) is 11.3 Å². The zero-order valence-electron chi connectivity index (χ0n) is 10.1. The number of hydrogen-bond acceptors (Lipinski definition) is 4. The zero-order valence-corrected chi connectivity index (χ0v) is 10.9. The Morgan fingerprint density at radius 1 is 1.06 bits per heavy atom. The van der Waals surface area contributed by atoms with E-state index in [1.165, 1.54) is 0 Å². The van der Waals surface area contributed by atoms with Crippen molar-refractivity contribution < 1.29 is 9.47 Å². The molecule has 1 aromatic heterocycles. The Morgan fingerprint density at radius 2 is 1.72 bits per heavy atom. The molecule has 5 heteroatoms. The third-order valence-electron chi connectivity index (χ3n) is 2.53. The minimum atomic E-state index is -0.546. The van der Waals surface area contributed by atoms with E-state index < -0.39 is 6.29 Å². The molecule has 0 aliphatic rings. The highest BCUT2D eigenvalue weighted by molar-refractivity contribution is 6.30. The Bertz CT molecular complexity index is 516. The predicted octanol–water partition coefficient (Wildman–Crippen LogP) is 3.09. The quantitative estimate of drug-likeness (QED) is 0.796. The number of nitrogens with zero attached hydrogens (tertiary/aromatic N) is 2. The SMILES string of the molecule is COC(OC)c1cc(-c2ccccc2)nnc1Cl. The van der Waals surface area contributed by atoms with Gasteiger partial charge in [-0.2, -0.15) is 0 Å². The van der Waals surface area contributed by atoms with Gasteiger partial charge in [0.15, 0.2) is 11.4 Å². The highest BCUT2D eigenvalue weighted by atomic mass is 35.5. The zero-order chi connectivity index (χ0) is 13.0. The molecule has 94 valence electrons. The first-order valence-corrected chi connectivity index (χ1v) is 5.78. The fourth-order valence-electron chi connectivity index (χ4n) is 1.66. The molecule has 0 radical (unpaired) electrons. The molecule has 0 N–H and O–H groups in total. The van der Waals surface area contributed by atoms with Gasteiger partial charge in [-0.15, -0.1) is 10.2 Å². The molecule has 18 heavy (non-hydrogen) atoms. The van der Waals surface area contributed by atoms with Crippen LogP contribution >= 0.6 is 11.6 Å². The first-order valence-electron chi connectivity index (χ1n) is 5.40. The molecule has 0 aliphatic heterocycles. The lowest BCUT2D eigenvalue weighted by molar-refractivity contribution is -0.106. The Kier molecular flexibility index (Phi) is 4.25. The van der Waals surface area contributed by atoms with E-state index in [0.29, 0.717) is 5.56 Å². The molecule has 1 aromatic carbocycles. The van der Waals surface area contributed by atoms with Crippen molar-refractivity contribution in [1.82, 2.24) is 10.2 Å². The van der Waals surface area contributed by atoms with Crippen LogP contribution in [0.4, 0.5) is 0 Å². The second-order valence-electron chi connectivity index (χ2n) is 3.65. The van der Waals surface area contributed by atoms with Crippen LogP contribution in [-0.2, 0) is 9.47 Å². The fourth-order valence-corrected chi connectivity index (χ4v) is 1.84. The molecule has 2 rings (SSSR count). The van der Waals surface area contributed by atoms with Gasteiger partial charge in [-0.1, -0.05) is 41.9 Å². The minimum Gasteiger partial charge on any atom is -0.352 e. The first-order chi connectivity index (χ1) is 8.76. The summed E-state index contributed by atoms with van der Waals surface area (Å²) in [5, 5.41) is 8.28. The van der Waals surface area contributed by atoms with Gasteiger partial charge in [-0.05, 0) is 6.07 Å². The molecule has 0 spiro atoms. The molecule has 0 atom stereocenters. The largest absolute Gasteiger partial charge is 0.352 e. The van der Waals surface area contributed by atoms with Gasteiger partial charge in [0.2, 0.25) is 0 Å². The standard InChI is InChI=1S/C13H13ClN2O2/c1-17-13(18-2)10-8-11(15-16-12(10)14)9-6-4-3-5-7-9/h3-8,13H,1-2H3. The predicted molar refractivity (Wildman–Crippen MR) is 69.2 cm³/mol. The molecule has 1 heterocycles. The molecule has 0 saturated heterocycles. The number of methoxy groups -OCH3 is 2. The minimum absolute atomic E-state index is 0.281. The van der Waals surface area contributed by atoms with Crippen molar-refractivity contribution in [2.45, 2.75) is 6.29 Å². The summed E-state index contributed by atoms with van der Waals surface area (Å²) in [4.78, 5) is 0. The maximum absolute atomic E-state index is 6.00. The van der Waals surface area contributed by atoms with Gasteiger partial charge in [-0.25, -0.2) is 0 Å². The van der Waals surface area contributed by atoms with Gasteiger partial charge < -0.3 is 9.47 Å². The number of halogens is 1. The van der Waals surface area contributed by atoms with Crippen LogP contribution in [0.1, 0.15) is 11.9 Å². The second kappa shape index (κ2) is 5.91. The number of hydrogen-bond donors (Lipinski definition) is 0. The maximum atomic E-state index is 6.00. The van der Waals surface area contributed by atoms with Crippen LogP contribution in [0.15, 0.2) is 36.4 Å². The maximum Gasteiger partial charge on any atom is 0.186 e. The van der Waals surface area contributed by atoms with Crippen LogP contribution in [0.3, 0.4) is 0 Å². The van der Waals surface area contributed by atoms with Gasteiger partial charge >= 0.3 is 0 Å². The van der Waals surface area contributed by atoms with Crippen LogP contribution in [-0.4, -0.2) is 24.4 Å². The number of benzene rings is 1. The molecule has 0 amide bonds. The summed E-state index contributed by atoms with van der Waals surface area (Å²) in [6.45, 7) is 0. The van der Waals surface area contributed by atoms with E-state index in [1.54, 1.807) is 14.2 Å². The molecule has 0 bridgehead atoms. The summed E-state index contributed by atoms with van der Waals surface area (Å²) < 4.78 is 10.4. The van der Waals surface area contributed by atoms with Crippen LogP contribution in [0.25, 0.3) is 11.3 Å². The number of aromatic nitrogens is 2. The third kappa shape index (κ3) is 2.67. The van der Waals surface area contributed by atoms with Crippen LogP contribution in [0.5, 0.6) is 0 Å². The van der Waals surface area contributed by atoms with Crippen molar-refractivity contribution in [2.75, 3.05) is 14.2 Å². The van der Waals surface area contributed by atoms with Gasteiger partial charge in [0.25, 0.3) is 0 Å². The summed E-state index contributed by atoms with van der Waals surface area (Å²) in [6.07, 6.45) is -0.546. The summed E-state index contributed by atoms with van der Waals surface area (Å²) in [5.74, 6) is 0. The molecular weight excluding hydrogens is 252 g/mol. The van der Waals surface area contributed by atoms with Gasteiger partial charge in [0, 0.05) is 25.3 Å². The van der Waals surface area contributed by atoms with E-state index in [4.69, 9.17) is 21.1 Å². The Morgan fingerprint density at radius 3 is 2.33 bits per heavy atom. The fraction of sp³-hybridized carbons (Fsp3) is 0.231. The van der Waals surface area contributed by atoms with E-state index >= 15 is 0 Å². The first kappa shape index (κ1) is 13.0. The average molecular weight is 265 g/mol. The second-order valence-corrected chi connectivity index (χ2v) is 4.00. The molecule has 0 saturated carbocycles. The smallest absolute Gasteiger partial charge is 0.186 e. The van der Waals surface area contributed by atoms with Crippen molar-refractivity contribution in [1.29, 1.82) is 0 Å². The van der Waals surface area contributed by atoms with Crippen molar-refractivity contribution in [3.63, 3.8) is 0 Å². The Balaban J connectivity index is 2.44. The summed E-state index contributed by atoms with van der Waals surface area (Å²) in [5.41, 5.74) is 2.36. The van der Waals surface area contributed by atoms with E-state index in [0.717, 1.165) is 11.3 Å². The normalized spacial score (nSPS) is 10.9. The van der Waals surface area contributed by atoms with Gasteiger partial charge in [0.05, 0.1) is 5.69 Å².